The first-order chi connectivity index (χ1) is 8.74. The Morgan fingerprint density at radius 2 is 2.00 bits per heavy atom. The van der Waals surface area contributed by atoms with Crippen molar-refractivity contribution in [3.05, 3.63) is 18.6 Å². The summed E-state index contributed by atoms with van der Waals surface area (Å²) in [5, 5.41) is 8.82. The molecule has 0 aliphatic heterocycles. The first-order valence-electron chi connectivity index (χ1n) is 6.57. The van der Waals surface area contributed by atoms with E-state index in [0.29, 0.717) is 6.04 Å². The topological polar surface area (TPSA) is 61.7 Å². The maximum Gasteiger partial charge on any atom is 0.118 e. The van der Waals surface area contributed by atoms with E-state index in [-0.39, 0.29) is 0 Å². The number of nitrogens with two attached hydrogens (primary N) is 1. The predicted octanol–water partition coefficient (Wildman–Crippen LogP) is 2.37. The molecule has 2 aromatic heterocycles. The molecule has 0 spiro atoms. The summed E-state index contributed by atoms with van der Waals surface area (Å²) in [6, 6.07) is 0.520. The quantitative estimate of drug-likeness (QED) is 0.883. The standard InChI is InChI=1S/C13H19N5/c1-17-8-10(7-15-17)13-12(14)9-18(16-13)11-5-3-2-4-6-11/h7-9,11H,2-6,14H2,1H3. The second-order valence-electron chi connectivity index (χ2n) is 5.11. The van der Waals surface area contributed by atoms with Gasteiger partial charge in [0.1, 0.15) is 5.69 Å². The van der Waals surface area contributed by atoms with Crippen LogP contribution < -0.4 is 5.73 Å². The van der Waals surface area contributed by atoms with Gasteiger partial charge >= 0.3 is 0 Å². The second kappa shape index (κ2) is 4.48. The molecule has 0 aromatic carbocycles. The summed E-state index contributed by atoms with van der Waals surface area (Å²) in [6.07, 6.45) is 12.1. The van der Waals surface area contributed by atoms with Crippen LogP contribution in [0.25, 0.3) is 11.3 Å². The molecule has 96 valence electrons. The van der Waals surface area contributed by atoms with Gasteiger partial charge in [-0.05, 0) is 12.8 Å². The number of rotatable bonds is 2. The maximum atomic E-state index is 6.07. The van der Waals surface area contributed by atoms with Gasteiger partial charge in [0.15, 0.2) is 0 Å². The highest BCUT2D eigenvalue weighted by Gasteiger charge is 2.18. The van der Waals surface area contributed by atoms with Crippen molar-refractivity contribution in [2.45, 2.75) is 38.1 Å². The number of hydrogen-bond acceptors (Lipinski definition) is 3. The molecule has 0 saturated heterocycles. The molecule has 0 atom stereocenters. The zero-order valence-electron chi connectivity index (χ0n) is 10.7. The van der Waals surface area contributed by atoms with Gasteiger partial charge in [-0.25, -0.2) is 0 Å². The van der Waals surface area contributed by atoms with Crippen LogP contribution in [-0.2, 0) is 7.05 Å². The molecule has 5 heteroatoms. The van der Waals surface area contributed by atoms with Crippen molar-refractivity contribution in [3.8, 4) is 11.3 Å². The summed E-state index contributed by atoms with van der Waals surface area (Å²) in [7, 11) is 1.90. The normalized spacial score (nSPS) is 17.2. The zero-order chi connectivity index (χ0) is 12.5. The van der Waals surface area contributed by atoms with Gasteiger partial charge in [0.05, 0.1) is 17.9 Å². The number of hydrogen-bond donors (Lipinski definition) is 1. The molecule has 2 N–H and O–H groups in total. The molecule has 0 amide bonds. The van der Waals surface area contributed by atoms with Crippen LogP contribution in [0.5, 0.6) is 0 Å². The van der Waals surface area contributed by atoms with Crippen molar-refractivity contribution >= 4 is 5.69 Å². The van der Waals surface area contributed by atoms with Crippen molar-refractivity contribution in [1.82, 2.24) is 19.6 Å². The summed E-state index contributed by atoms with van der Waals surface area (Å²) in [5.41, 5.74) is 8.66. The Balaban J connectivity index is 1.90. The molecule has 2 heterocycles. The van der Waals surface area contributed by atoms with Crippen LogP contribution in [0, 0.1) is 0 Å². The molecule has 2 aromatic rings. The lowest BCUT2D eigenvalue weighted by molar-refractivity contribution is 0.330. The highest BCUT2D eigenvalue weighted by atomic mass is 15.3. The van der Waals surface area contributed by atoms with Crippen molar-refractivity contribution in [2.24, 2.45) is 7.05 Å². The molecule has 18 heavy (non-hydrogen) atoms. The Bertz CT molecular complexity index is 533. The molecule has 0 bridgehead atoms. The summed E-state index contributed by atoms with van der Waals surface area (Å²) >= 11 is 0. The number of anilines is 1. The molecule has 1 aliphatic carbocycles. The molecule has 1 aliphatic rings. The van der Waals surface area contributed by atoms with Gasteiger partial charge in [-0.15, -0.1) is 0 Å². The lowest BCUT2D eigenvalue weighted by atomic mass is 9.96. The largest absolute Gasteiger partial charge is 0.396 e. The van der Waals surface area contributed by atoms with Crippen molar-refractivity contribution < 1.29 is 0 Å². The van der Waals surface area contributed by atoms with Crippen LogP contribution in [0.15, 0.2) is 18.6 Å². The fourth-order valence-corrected chi connectivity index (χ4v) is 2.71. The molecule has 0 unspecified atom stereocenters. The van der Waals surface area contributed by atoms with Gasteiger partial charge < -0.3 is 5.73 Å². The third-order valence-electron chi connectivity index (χ3n) is 3.69. The van der Waals surface area contributed by atoms with E-state index in [1.54, 1.807) is 4.68 Å². The van der Waals surface area contributed by atoms with Gasteiger partial charge in [-0.2, -0.15) is 10.2 Å². The molecule has 3 rings (SSSR count). The highest BCUT2D eigenvalue weighted by molar-refractivity contribution is 5.70. The molecule has 5 nitrogen and oxygen atoms in total. The molecular formula is C13H19N5. The van der Waals surface area contributed by atoms with E-state index in [4.69, 9.17) is 5.73 Å². The molecule has 1 saturated carbocycles. The number of nitrogens with zero attached hydrogens (tertiary/aromatic N) is 4. The maximum absolute atomic E-state index is 6.07. The van der Waals surface area contributed by atoms with E-state index in [1.165, 1.54) is 32.1 Å². The van der Waals surface area contributed by atoms with Gasteiger partial charge in [-0.1, -0.05) is 19.3 Å². The Labute approximate surface area is 107 Å². The molecule has 0 radical (unpaired) electrons. The van der Waals surface area contributed by atoms with Crippen LogP contribution in [-0.4, -0.2) is 19.6 Å². The number of aromatic nitrogens is 4. The minimum absolute atomic E-state index is 0.520. The highest BCUT2D eigenvalue weighted by Crippen LogP contribution is 2.31. The van der Waals surface area contributed by atoms with Gasteiger partial charge in [0.2, 0.25) is 0 Å². The Morgan fingerprint density at radius 1 is 1.22 bits per heavy atom. The first kappa shape index (κ1) is 11.3. The number of nitrogen functional groups attached to an aromatic ring is 1. The van der Waals surface area contributed by atoms with Crippen LogP contribution >= 0.6 is 0 Å². The van der Waals surface area contributed by atoms with E-state index >= 15 is 0 Å². The van der Waals surface area contributed by atoms with E-state index in [1.807, 2.05) is 25.6 Å². The SMILES string of the molecule is Cn1cc(-c2nn(C3CCCCC3)cc2N)cn1. The third kappa shape index (κ3) is 2.00. The summed E-state index contributed by atoms with van der Waals surface area (Å²) in [4.78, 5) is 0. The smallest absolute Gasteiger partial charge is 0.118 e. The first-order valence-corrected chi connectivity index (χ1v) is 6.57. The van der Waals surface area contributed by atoms with Crippen molar-refractivity contribution in [2.75, 3.05) is 5.73 Å². The summed E-state index contributed by atoms with van der Waals surface area (Å²) in [5.74, 6) is 0. The van der Waals surface area contributed by atoms with Crippen LogP contribution in [0.2, 0.25) is 0 Å². The number of aryl methyl sites for hydroxylation is 1. The third-order valence-corrected chi connectivity index (χ3v) is 3.69. The van der Waals surface area contributed by atoms with Gasteiger partial charge in [-0.3, -0.25) is 9.36 Å². The minimum Gasteiger partial charge on any atom is -0.396 e. The van der Waals surface area contributed by atoms with E-state index < -0.39 is 0 Å². The van der Waals surface area contributed by atoms with E-state index in [9.17, 15) is 0 Å². The molecule has 1 fully saturated rings. The van der Waals surface area contributed by atoms with E-state index in [2.05, 4.69) is 14.9 Å². The molecular weight excluding hydrogens is 226 g/mol. The second-order valence-corrected chi connectivity index (χ2v) is 5.11. The van der Waals surface area contributed by atoms with Gasteiger partial charge in [0.25, 0.3) is 0 Å². The van der Waals surface area contributed by atoms with E-state index in [0.717, 1.165) is 16.9 Å². The Kier molecular flexibility index (Phi) is 2.81. The van der Waals surface area contributed by atoms with Crippen LogP contribution in [0.1, 0.15) is 38.1 Å². The average molecular weight is 245 g/mol. The fraction of sp³-hybridized carbons (Fsp3) is 0.538. The summed E-state index contributed by atoms with van der Waals surface area (Å²) < 4.78 is 3.82. The van der Waals surface area contributed by atoms with Crippen molar-refractivity contribution in [1.29, 1.82) is 0 Å². The predicted molar refractivity (Wildman–Crippen MR) is 71.0 cm³/mol. The van der Waals surface area contributed by atoms with Crippen LogP contribution in [0.3, 0.4) is 0 Å². The zero-order valence-corrected chi connectivity index (χ0v) is 10.7. The minimum atomic E-state index is 0.520. The fourth-order valence-electron chi connectivity index (χ4n) is 2.71. The Morgan fingerprint density at radius 3 is 2.67 bits per heavy atom. The lowest BCUT2D eigenvalue weighted by Gasteiger charge is -2.21. The average Bonchev–Trinajstić information content (AvgIpc) is 2.97. The lowest BCUT2D eigenvalue weighted by Crippen LogP contribution is -2.13. The summed E-state index contributed by atoms with van der Waals surface area (Å²) in [6.45, 7) is 0. The van der Waals surface area contributed by atoms with Crippen molar-refractivity contribution in [3.63, 3.8) is 0 Å². The van der Waals surface area contributed by atoms with Gasteiger partial charge in [0, 0.05) is 25.0 Å². The Hall–Kier alpha value is -1.78. The van der Waals surface area contributed by atoms with Crippen LogP contribution in [0.4, 0.5) is 5.69 Å². The monoisotopic (exact) mass is 245 g/mol.